The van der Waals surface area contributed by atoms with Crippen molar-refractivity contribution in [3.8, 4) is 33.4 Å². The Labute approximate surface area is 242 Å². The second-order valence-electron chi connectivity index (χ2n) is 10.5. The SMILES string of the molecule is O=C(CN1C=C(S(=O)(=O)N2CCCC2)C=CC1)c1cccc(-c2cc(-c3ccccc3)cc(-c3ccccc3)c2)c1. The number of hydrogen-bond donors (Lipinski definition) is 0. The number of sulfonamides is 1. The third-order valence-electron chi connectivity index (χ3n) is 7.65. The lowest BCUT2D eigenvalue weighted by molar-refractivity contribution is 0.0959. The fraction of sp³-hybridized carbons (Fsp3) is 0.171. The Bertz CT molecular complexity index is 1660. The largest absolute Gasteiger partial charge is 0.365 e. The minimum absolute atomic E-state index is 0.0567. The van der Waals surface area contributed by atoms with E-state index in [4.69, 9.17) is 0 Å². The lowest BCUT2D eigenvalue weighted by atomic mass is 9.92. The van der Waals surface area contributed by atoms with E-state index >= 15 is 0 Å². The van der Waals surface area contributed by atoms with Gasteiger partial charge in [0.2, 0.25) is 10.0 Å². The molecule has 6 rings (SSSR count). The molecule has 2 aliphatic heterocycles. The lowest BCUT2D eigenvalue weighted by Crippen LogP contribution is -2.33. The summed E-state index contributed by atoms with van der Waals surface area (Å²) in [4.78, 5) is 15.5. The van der Waals surface area contributed by atoms with Gasteiger partial charge in [-0.15, -0.1) is 0 Å². The molecule has 0 N–H and O–H groups in total. The van der Waals surface area contributed by atoms with Crippen molar-refractivity contribution < 1.29 is 13.2 Å². The number of nitrogens with zero attached hydrogens (tertiary/aromatic N) is 2. The van der Waals surface area contributed by atoms with Crippen LogP contribution < -0.4 is 0 Å². The van der Waals surface area contributed by atoms with Gasteiger partial charge in [0.15, 0.2) is 5.78 Å². The average molecular weight is 561 g/mol. The molecule has 206 valence electrons. The molecule has 0 radical (unpaired) electrons. The van der Waals surface area contributed by atoms with Gasteiger partial charge in [-0.3, -0.25) is 4.79 Å². The fourth-order valence-corrected chi connectivity index (χ4v) is 7.04. The van der Waals surface area contributed by atoms with Crippen molar-refractivity contribution in [2.45, 2.75) is 12.8 Å². The molecule has 6 heteroatoms. The van der Waals surface area contributed by atoms with E-state index in [1.54, 1.807) is 17.2 Å². The molecule has 1 saturated heterocycles. The van der Waals surface area contributed by atoms with Gasteiger partial charge in [0, 0.05) is 31.4 Å². The maximum Gasteiger partial charge on any atom is 0.244 e. The van der Waals surface area contributed by atoms with Crippen LogP contribution in [0.1, 0.15) is 23.2 Å². The monoisotopic (exact) mass is 560 g/mol. The van der Waals surface area contributed by atoms with E-state index < -0.39 is 10.0 Å². The number of carbonyl (C=O) groups excluding carboxylic acids is 1. The van der Waals surface area contributed by atoms with E-state index in [-0.39, 0.29) is 17.2 Å². The summed E-state index contributed by atoms with van der Waals surface area (Å²) in [6.07, 6.45) is 6.85. The van der Waals surface area contributed by atoms with E-state index in [9.17, 15) is 13.2 Å². The van der Waals surface area contributed by atoms with Gasteiger partial charge >= 0.3 is 0 Å². The molecule has 0 atom stereocenters. The third kappa shape index (κ3) is 5.94. The molecule has 0 spiro atoms. The van der Waals surface area contributed by atoms with E-state index in [0.29, 0.717) is 25.2 Å². The van der Waals surface area contributed by atoms with Gasteiger partial charge in [-0.2, -0.15) is 4.31 Å². The normalized spacial score (nSPS) is 15.6. The summed E-state index contributed by atoms with van der Waals surface area (Å²) >= 11 is 0. The Morgan fingerprint density at radius 2 is 1.22 bits per heavy atom. The van der Waals surface area contributed by atoms with Crippen LogP contribution >= 0.6 is 0 Å². The maximum absolute atomic E-state index is 13.4. The molecular weight excluding hydrogens is 528 g/mol. The van der Waals surface area contributed by atoms with E-state index in [0.717, 1.165) is 46.2 Å². The molecular formula is C35H32N2O3S. The smallest absolute Gasteiger partial charge is 0.244 e. The van der Waals surface area contributed by atoms with Gasteiger partial charge in [-0.25, -0.2) is 8.42 Å². The first-order chi connectivity index (χ1) is 20.0. The highest BCUT2D eigenvalue weighted by molar-refractivity contribution is 7.93. The number of benzene rings is 4. The average Bonchev–Trinajstić information content (AvgIpc) is 3.58. The summed E-state index contributed by atoms with van der Waals surface area (Å²) in [6, 6.07) is 34.8. The van der Waals surface area contributed by atoms with Crippen LogP contribution in [-0.4, -0.2) is 49.6 Å². The molecule has 0 unspecified atom stereocenters. The first-order valence-corrected chi connectivity index (χ1v) is 15.4. The van der Waals surface area contributed by atoms with Crippen LogP contribution in [-0.2, 0) is 10.0 Å². The third-order valence-corrected chi connectivity index (χ3v) is 9.53. The van der Waals surface area contributed by atoms with Crippen molar-refractivity contribution in [3.63, 3.8) is 0 Å². The van der Waals surface area contributed by atoms with Gasteiger partial charge in [-0.1, -0.05) is 84.9 Å². The molecule has 4 aromatic rings. The second-order valence-corrected chi connectivity index (χ2v) is 12.4. The second kappa shape index (κ2) is 11.7. The first kappa shape index (κ1) is 26.9. The minimum atomic E-state index is -3.54. The van der Waals surface area contributed by atoms with Gasteiger partial charge in [0.05, 0.1) is 11.4 Å². The van der Waals surface area contributed by atoms with Gasteiger partial charge in [-0.05, 0) is 76.6 Å². The zero-order valence-electron chi connectivity index (χ0n) is 22.8. The Morgan fingerprint density at radius 1 is 0.659 bits per heavy atom. The van der Waals surface area contributed by atoms with Crippen LogP contribution in [0.15, 0.2) is 126 Å². The predicted molar refractivity (Wildman–Crippen MR) is 166 cm³/mol. The maximum atomic E-state index is 13.4. The van der Waals surface area contributed by atoms with Crippen molar-refractivity contribution in [1.29, 1.82) is 0 Å². The summed E-state index contributed by atoms with van der Waals surface area (Å²) in [6.45, 7) is 1.70. The molecule has 1 fully saturated rings. The summed E-state index contributed by atoms with van der Waals surface area (Å²) in [5.41, 5.74) is 7.05. The molecule has 0 amide bonds. The Balaban J connectivity index is 1.28. The quantitative estimate of drug-likeness (QED) is 0.218. The number of hydrogen-bond acceptors (Lipinski definition) is 4. The van der Waals surface area contributed by atoms with Crippen LogP contribution in [0.3, 0.4) is 0 Å². The first-order valence-electron chi connectivity index (χ1n) is 14.0. The van der Waals surface area contributed by atoms with Gasteiger partial charge in [0.1, 0.15) is 0 Å². The summed E-state index contributed by atoms with van der Waals surface area (Å²) in [5.74, 6) is -0.0567. The topological polar surface area (TPSA) is 57.7 Å². The number of ketones is 1. The van der Waals surface area contributed by atoms with E-state index in [1.807, 2.05) is 66.7 Å². The molecule has 2 heterocycles. The summed E-state index contributed by atoms with van der Waals surface area (Å²) in [7, 11) is -3.54. The lowest BCUT2D eigenvalue weighted by Gasteiger charge is -2.24. The fourth-order valence-electron chi connectivity index (χ4n) is 5.46. The van der Waals surface area contributed by atoms with E-state index in [1.165, 1.54) is 4.31 Å². The van der Waals surface area contributed by atoms with Crippen LogP contribution in [0.2, 0.25) is 0 Å². The van der Waals surface area contributed by atoms with Crippen LogP contribution in [0.4, 0.5) is 0 Å². The highest BCUT2D eigenvalue weighted by Crippen LogP contribution is 2.33. The van der Waals surface area contributed by atoms with Crippen molar-refractivity contribution in [1.82, 2.24) is 9.21 Å². The Morgan fingerprint density at radius 3 is 1.83 bits per heavy atom. The minimum Gasteiger partial charge on any atom is -0.365 e. The molecule has 0 aliphatic carbocycles. The molecule has 5 nitrogen and oxygen atoms in total. The highest BCUT2D eigenvalue weighted by atomic mass is 32.2. The Kier molecular flexibility index (Phi) is 7.68. The summed E-state index contributed by atoms with van der Waals surface area (Å²) in [5, 5.41) is 0. The van der Waals surface area contributed by atoms with Gasteiger partial charge < -0.3 is 4.90 Å². The zero-order chi connectivity index (χ0) is 28.2. The summed E-state index contributed by atoms with van der Waals surface area (Å²) < 4.78 is 27.6. The predicted octanol–water partition coefficient (Wildman–Crippen LogP) is 7.01. The van der Waals surface area contributed by atoms with Crippen molar-refractivity contribution in [2.75, 3.05) is 26.2 Å². The highest BCUT2D eigenvalue weighted by Gasteiger charge is 2.29. The number of carbonyl (C=O) groups is 1. The number of allylic oxidation sites excluding steroid dienone is 1. The van der Waals surface area contributed by atoms with Crippen LogP contribution in [0, 0.1) is 0 Å². The van der Waals surface area contributed by atoms with Crippen molar-refractivity contribution >= 4 is 15.8 Å². The van der Waals surface area contributed by atoms with Crippen molar-refractivity contribution in [3.05, 3.63) is 132 Å². The van der Waals surface area contributed by atoms with E-state index in [2.05, 4.69) is 42.5 Å². The van der Waals surface area contributed by atoms with Crippen molar-refractivity contribution in [2.24, 2.45) is 0 Å². The Hall–Kier alpha value is -4.26. The number of rotatable bonds is 8. The standard InChI is InChI=1S/C35H32N2O3S/c38-35(26-36-18-10-17-34(25-36)41(39,40)37-19-7-8-20-37)30-16-9-15-29(21-30)33-23-31(27-11-3-1-4-12-27)22-32(24-33)28-13-5-2-6-14-28/h1-6,9-17,21-25H,7-8,18-20,26H2. The molecule has 4 aromatic carbocycles. The molecule has 0 bridgehead atoms. The molecule has 2 aliphatic rings. The zero-order valence-corrected chi connectivity index (χ0v) is 23.6. The van der Waals surface area contributed by atoms with Gasteiger partial charge in [0.25, 0.3) is 0 Å². The molecule has 41 heavy (non-hydrogen) atoms. The van der Waals surface area contributed by atoms with Crippen LogP contribution in [0.5, 0.6) is 0 Å². The van der Waals surface area contributed by atoms with Crippen LogP contribution in [0.25, 0.3) is 33.4 Å². The number of Topliss-reactive ketones (excluding diaryl/α,β-unsaturated/α-hetero) is 1. The molecule has 0 saturated carbocycles. The molecule has 0 aromatic heterocycles.